The molecule has 94 valence electrons. The summed E-state index contributed by atoms with van der Waals surface area (Å²) in [5, 5.41) is 9.20. The van der Waals surface area contributed by atoms with Crippen LogP contribution < -0.4 is 4.74 Å². The molecule has 18 heavy (non-hydrogen) atoms. The summed E-state index contributed by atoms with van der Waals surface area (Å²) >= 11 is 1.57. The lowest BCUT2D eigenvalue weighted by Crippen LogP contribution is -1.93. The zero-order valence-corrected chi connectivity index (χ0v) is 10.7. The summed E-state index contributed by atoms with van der Waals surface area (Å²) in [7, 11) is 0. The van der Waals surface area contributed by atoms with Gasteiger partial charge < -0.3 is 9.84 Å². The van der Waals surface area contributed by atoms with Crippen molar-refractivity contribution in [2.45, 2.75) is 11.5 Å². The molecule has 0 aliphatic rings. The number of para-hydroxylation sites is 1. The van der Waals surface area contributed by atoms with Gasteiger partial charge in [-0.25, -0.2) is 4.39 Å². The highest BCUT2D eigenvalue weighted by Crippen LogP contribution is 2.33. The molecule has 1 N–H and O–H groups in total. The van der Waals surface area contributed by atoms with Crippen molar-refractivity contribution in [1.29, 1.82) is 0 Å². The van der Waals surface area contributed by atoms with E-state index in [1.54, 1.807) is 11.8 Å². The van der Waals surface area contributed by atoms with Gasteiger partial charge in [0.15, 0.2) is 0 Å². The average Bonchev–Trinajstić information content (AvgIpc) is 2.41. The van der Waals surface area contributed by atoms with E-state index in [-0.39, 0.29) is 12.4 Å². The van der Waals surface area contributed by atoms with Gasteiger partial charge in [0.1, 0.15) is 17.3 Å². The van der Waals surface area contributed by atoms with Crippen LogP contribution in [0.2, 0.25) is 0 Å². The van der Waals surface area contributed by atoms with Crippen LogP contribution in [0.3, 0.4) is 0 Å². The minimum Gasteiger partial charge on any atom is -0.456 e. The summed E-state index contributed by atoms with van der Waals surface area (Å²) in [6, 6.07) is 11.7. The zero-order valence-electron chi connectivity index (χ0n) is 9.89. The molecule has 0 radical (unpaired) electrons. The molecule has 0 fully saturated rings. The molecule has 0 unspecified atom stereocenters. The molecule has 0 saturated heterocycles. The van der Waals surface area contributed by atoms with Gasteiger partial charge in [-0.15, -0.1) is 11.8 Å². The summed E-state index contributed by atoms with van der Waals surface area (Å²) in [6.07, 6.45) is 1.96. The molecule has 2 nitrogen and oxygen atoms in total. The molecular formula is C14H13FO2S. The summed E-state index contributed by atoms with van der Waals surface area (Å²) < 4.78 is 18.8. The first kappa shape index (κ1) is 12.9. The lowest BCUT2D eigenvalue weighted by Gasteiger charge is -2.12. The molecular weight excluding hydrogens is 251 g/mol. The molecule has 0 aliphatic carbocycles. The van der Waals surface area contributed by atoms with Crippen LogP contribution in [0.5, 0.6) is 11.5 Å². The van der Waals surface area contributed by atoms with E-state index < -0.39 is 0 Å². The van der Waals surface area contributed by atoms with E-state index in [2.05, 4.69) is 0 Å². The highest BCUT2D eigenvalue weighted by atomic mass is 32.2. The Bertz CT molecular complexity index is 543. The van der Waals surface area contributed by atoms with E-state index in [1.807, 2.05) is 30.5 Å². The van der Waals surface area contributed by atoms with Gasteiger partial charge >= 0.3 is 0 Å². The maximum atomic E-state index is 13.0. The van der Waals surface area contributed by atoms with Crippen LogP contribution in [0.25, 0.3) is 0 Å². The van der Waals surface area contributed by atoms with Crippen molar-refractivity contribution < 1.29 is 14.2 Å². The maximum absolute atomic E-state index is 13.0. The smallest absolute Gasteiger partial charge is 0.140 e. The van der Waals surface area contributed by atoms with Gasteiger partial charge in [-0.05, 0) is 36.6 Å². The van der Waals surface area contributed by atoms with E-state index in [9.17, 15) is 9.50 Å². The van der Waals surface area contributed by atoms with Crippen LogP contribution in [0.1, 0.15) is 5.56 Å². The van der Waals surface area contributed by atoms with E-state index in [4.69, 9.17) is 4.74 Å². The second-order valence-electron chi connectivity index (χ2n) is 3.66. The van der Waals surface area contributed by atoms with Gasteiger partial charge in [0.05, 0.1) is 6.61 Å². The van der Waals surface area contributed by atoms with Crippen molar-refractivity contribution in [1.82, 2.24) is 0 Å². The molecule has 2 rings (SSSR count). The van der Waals surface area contributed by atoms with Crippen LogP contribution in [-0.4, -0.2) is 11.4 Å². The molecule has 0 aliphatic heterocycles. The van der Waals surface area contributed by atoms with E-state index in [1.165, 1.54) is 18.2 Å². The van der Waals surface area contributed by atoms with Gasteiger partial charge in [-0.2, -0.15) is 0 Å². The van der Waals surface area contributed by atoms with Gasteiger partial charge in [0.2, 0.25) is 0 Å². The topological polar surface area (TPSA) is 29.5 Å². The first-order valence-corrected chi connectivity index (χ1v) is 6.67. The van der Waals surface area contributed by atoms with Gasteiger partial charge in [-0.3, -0.25) is 0 Å². The lowest BCUT2D eigenvalue weighted by atomic mass is 10.2. The Morgan fingerprint density at radius 1 is 1.17 bits per heavy atom. The first-order valence-electron chi connectivity index (χ1n) is 5.44. The van der Waals surface area contributed by atoms with Crippen molar-refractivity contribution in [2.24, 2.45) is 0 Å². The SMILES string of the molecule is CSc1ccccc1Oc1ccc(F)cc1CO. The maximum Gasteiger partial charge on any atom is 0.140 e. The zero-order chi connectivity index (χ0) is 13.0. The fraction of sp³-hybridized carbons (Fsp3) is 0.143. The largest absolute Gasteiger partial charge is 0.456 e. The molecule has 0 saturated carbocycles. The number of benzene rings is 2. The quantitative estimate of drug-likeness (QED) is 0.851. The molecule has 0 aromatic heterocycles. The van der Waals surface area contributed by atoms with Crippen LogP contribution in [0, 0.1) is 5.82 Å². The van der Waals surface area contributed by atoms with Gasteiger partial charge in [0.25, 0.3) is 0 Å². The number of thioether (sulfide) groups is 1. The number of hydrogen-bond donors (Lipinski definition) is 1. The highest BCUT2D eigenvalue weighted by Gasteiger charge is 2.08. The van der Waals surface area contributed by atoms with E-state index in [0.717, 1.165) is 4.90 Å². The third-order valence-corrected chi connectivity index (χ3v) is 3.26. The predicted molar refractivity (Wildman–Crippen MR) is 70.6 cm³/mol. The average molecular weight is 264 g/mol. The second kappa shape index (κ2) is 5.89. The van der Waals surface area contributed by atoms with Crippen molar-refractivity contribution in [3.8, 4) is 11.5 Å². The molecule has 0 bridgehead atoms. The number of hydrogen-bond acceptors (Lipinski definition) is 3. The summed E-state index contributed by atoms with van der Waals surface area (Å²) in [5.74, 6) is 0.788. The Morgan fingerprint density at radius 3 is 2.67 bits per heavy atom. The molecule has 0 heterocycles. The van der Waals surface area contributed by atoms with Crippen molar-refractivity contribution in [3.63, 3.8) is 0 Å². The van der Waals surface area contributed by atoms with Gasteiger partial charge in [-0.1, -0.05) is 12.1 Å². The third-order valence-electron chi connectivity index (χ3n) is 2.48. The monoisotopic (exact) mass is 264 g/mol. The number of aliphatic hydroxyl groups excluding tert-OH is 1. The summed E-state index contributed by atoms with van der Waals surface area (Å²) in [6.45, 7) is -0.255. The normalized spacial score (nSPS) is 10.4. The number of aliphatic hydroxyl groups is 1. The minimum atomic E-state index is -0.385. The number of halogens is 1. The molecule has 2 aromatic carbocycles. The molecule has 0 atom stereocenters. The fourth-order valence-electron chi connectivity index (χ4n) is 1.59. The number of rotatable bonds is 4. The van der Waals surface area contributed by atoms with Crippen molar-refractivity contribution in [2.75, 3.05) is 6.26 Å². The number of ether oxygens (including phenoxy) is 1. The Kier molecular flexibility index (Phi) is 4.23. The van der Waals surface area contributed by atoms with E-state index >= 15 is 0 Å². The van der Waals surface area contributed by atoms with Gasteiger partial charge in [0, 0.05) is 10.5 Å². The van der Waals surface area contributed by atoms with Crippen LogP contribution in [-0.2, 0) is 6.61 Å². The van der Waals surface area contributed by atoms with Crippen LogP contribution in [0.4, 0.5) is 4.39 Å². The summed E-state index contributed by atoms with van der Waals surface area (Å²) in [5.41, 5.74) is 0.436. The Morgan fingerprint density at radius 2 is 1.94 bits per heavy atom. The van der Waals surface area contributed by atoms with E-state index in [0.29, 0.717) is 17.1 Å². The Labute approximate surface area is 109 Å². The molecule has 4 heteroatoms. The highest BCUT2D eigenvalue weighted by molar-refractivity contribution is 7.98. The van der Waals surface area contributed by atoms with Crippen molar-refractivity contribution in [3.05, 3.63) is 53.8 Å². The fourth-order valence-corrected chi connectivity index (χ4v) is 2.12. The Hall–Kier alpha value is -1.52. The molecule has 0 amide bonds. The standard InChI is InChI=1S/C14H13FO2S/c1-18-14-5-3-2-4-13(14)17-12-7-6-11(15)8-10(12)9-16/h2-8,16H,9H2,1H3. The van der Waals surface area contributed by atoms with Crippen molar-refractivity contribution >= 4 is 11.8 Å². The Balaban J connectivity index is 2.33. The first-order chi connectivity index (χ1) is 8.74. The second-order valence-corrected chi connectivity index (χ2v) is 4.51. The van der Waals surface area contributed by atoms with Crippen LogP contribution >= 0.6 is 11.8 Å². The third kappa shape index (κ3) is 2.83. The molecule has 0 spiro atoms. The summed E-state index contributed by atoms with van der Waals surface area (Å²) in [4.78, 5) is 0.991. The minimum absolute atomic E-state index is 0.255. The molecule has 2 aromatic rings. The van der Waals surface area contributed by atoms with Crippen LogP contribution in [0.15, 0.2) is 47.4 Å². The lowest BCUT2D eigenvalue weighted by molar-refractivity contribution is 0.275. The predicted octanol–water partition coefficient (Wildman–Crippen LogP) is 3.83.